The highest BCUT2D eigenvalue weighted by molar-refractivity contribution is 9.10. The van der Waals surface area contributed by atoms with Gasteiger partial charge in [-0.1, -0.05) is 23.4 Å². The summed E-state index contributed by atoms with van der Waals surface area (Å²) in [6.07, 6.45) is 0. The standard InChI is InChI=1S/C14H7BrClNO2S/c15-12-4-3-9(5-11(12)14(18)19)20-10-2-1-8(7-17)13(16)6-10/h1-6H,(H,18,19). The fraction of sp³-hybridized carbons (Fsp3) is 0. The molecule has 0 saturated carbocycles. The first kappa shape index (κ1) is 14.9. The summed E-state index contributed by atoms with van der Waals surface area (Å²) >= 11 is 10.5. The Bertz CT molecular complexity index is 728. The topological polar surface area (TPSA) is 61.1 Å². The molecule has 2 rings (SSSR count). The van der Waals surface area contributed by atoms with E-state index in [-0.39, 0.29) is 5.56 Å². The van der Waals surface area contributed by atoms with Gasteiger partial charge in [-0.05, 0) is 52.3 Å². The van der Waals surface area contributed by atoms with E-state index in [1.807, 2.05) is 12.1 Å². The molecule has 2 aromatic rings. The van der Waals surface area contributed by atoms with Crippen molar-refractivity contribution in [2.75, 3.05) is 0 Å². The highest BCUT2D eigenvalue weighted by Gasteiger charge is 2.10. The van der Waals surface area contributed by atoms with Crippen LogP contribution in [0.1, 0.15) is 15.9 Å². The Morgan fingerprint density at radius 3 is 2.50 bits per heavy atom. The van der Waals surface area contributed by atoms with Crippen molar-refractivity contribution in [3.8, 4) is 6.07 Å². The van der Waals surface area contributed by atoms with Crippen LogP contribution in [-0.2, 0) is 0 Å². The lowest BCUT2D eigenvalue weighted by Crippen LogP contribution is -1.97. The van der Waals surface area contributed by atoms with Gasteiger partial charge in [-0.2, -0.15) is 5.26 Å². The van der Waals surface area contributed by atoms with Crippen LogP contribution in [0.15, 0.2) is 50.7 Å². The van der Waals surface area contributed by atoms with Crippen LogP contribution in [0.25, 0.3) is 0 Å². The third kappa shape index (κ3) is 3.34. The predicted molar refractivity (Wildman–Crippen MR) is 81.4 cm³/mol. The van der Waals surface area contributed by atoms with Crippen LogP contribution in [0.5, 0.6) is 0 Å². The van der Waals surface area contributed by atoms with Crippen LogP contribution in [-0.4, -0.2) is 11.1 Å². The van der Waals surface area contributed by atoms with Crippen molar-refractivity contribution < 1.29 is 9.90 Å². The van der Waals surface area contributed by atoms with Crippen molar-refractivity contribution in [2.45, 2.75) is 9.79 Å². The average molecular weight is 369 g/mol. The van der Waals surface area contributed by atoms with Crippen molar-refractivity contribution in [3.63, 3.8) is 0 Å². The molecule has 0 aliphatic rings. The minimum absolute atomic E-state index is 0.203. The Balaban J connectivity index is 2.31. The third-order valence-corrected chi connectivity index (χ3v) is 4.45. The van der Waals surface area contributed by atoms with Gasteiger partial charge in [0.05, 0.1) is 16.1 Å². The van der Waals surface area contributed by atoms with Gasteiger partial charge in [0.15, 0.2) is 0 Å². The summed E-state index contributed by atoms with van der Waals surface area (Å²) in [5.74, 6) is -0.989. The van der Waals surface area contributed by atoms with Crippen LogP contribution in [0.4, 0.5) is 0 Å². The van der Waals surface area contributed by atoms with Crippen LogP contribution in [0.3, 0.4) is 0 Å². The maximum Gasteiger partial charge on any atom is 0.336 e. The number of benzene rings is 2. The molecule has 1 N–H and O–H groups in total. The van der Waals surface area contributed by atoms with Gasteiger partial charge in [0.2, 0.25) is 0 Å². The first-order chi connectivity index (χ1) is 9.51. The van der Waals surface area contributed by atoms with Gasteiger partial charge in [0, 0.05) is 14.3 Å². The van der Waals surface area contributed by atoms with Gasteiger partial charge in [-0.25, -0.2) is 4.79 Å². The molecule has 0 bridgehead atoms. The van der Waals surface area contributed by atoms with E-state index in [1.54, 1.807) is 30.3 Å². The summed E-state index contributed by atoms with van der Waals surface area (Å²) in [6, 6.07) is 12.2. The van der Waals surface area contributed by atoms with Gasteiger partial charge >= 0.3 is 5.97 Å². The molecule has 0 amide bonds. The van der Waals surface area contributed by atoms with Gasteiger partial charge in [0.25, 0.3) is 0 Å². The molecule has 6 heteroatoms. The van der Waals surface area contributed by atoms with E-state index in [2.05, 4.69) is 15.9 Å². The number of nitriles is 1. The highest BCUT2D eigenvalue weighted by atomic mass is 79.9. The Morgan fingerprint density at radius 2 is 1.90 bits per heavy atom. The highest BCUT2D eigenvalue weighted by Crippen LogP contribution is 2.32. The smallest absolute Gasteiger partial charge is 0.336 e. The van der Waals surface area contributed by atoms with Crippen molar-refractivity contribution in [1.29, 1.82) is 5.26 Å². The van der Waals surface area contributed by atoms with Crippen molar-refractivity contribution in [1.82, 2.24) is 0 Å². The molecule has 0 aromatic heterocycles. The lowest BCUT2D eigenvalue weighted by Gasteiger charge is -2.05. The second kappa shape index (κ2) is 6.31. The number of aromatic carboxylic acids is 1. The Kier molecular flexibility index (Phi) is 4.71. The van der Waals surface area contributed by atoms with Gasteiger partial charge in [-0.3, -0.25) is 0 Å². The SMILES string of the molecule is N#Cc1ccc(Sc2ccc(Br)c(C(=O)O)c2)cc1Cl. The summed E-state index contributed by atoms with van der Waals surface area (Å²) in [5, 5.41) is 18.3. The second-order valence-electron chi connectivity index (χ2n) is 3.80. The molecule has 2 aromatic carbocycles. The molecular formula is C14H7BrClNO2S. The largest absolute Gasteiger partial charge is 0.478 e. The average Bonchev–Trinajstić information content (AvgIpc) is 2.41. The van der Waals surface area contributed by atoms with E-state index in [9.17, 15) is 4.79 Å². The van der Waals surface area contributed by atoms with Crippen LogP contribution in [0, 0.1) is 11.3 Å². The van der Waals surface area contributed by atoms with Crippen LogP contribution < -0.4 is 0 Å². The van der Waals surface area contributed by atoms with Crippen molar-refractivity contribution >= 4 is 45.3 Å². The zero-order valence-electron chi connectivity index (χ0n) is 9.93. The number of halogens is 2. The van der Waals surface area contributed by atoms with Crippen molar-refractivity contribution in [2.24, 2.45) is 0 Å². The number of carbonyl (C=O) groups is 1. The molecule has 0 atom stereocenters. The summed E-state index contributed by atoms with van der Waals surface area (Å²) in [7, 11) is 0. The van der Waals surface area contributed by atoms with Crippen molar-refractivity contribution in [3.05, 3.63) is 57.0 Å². The molecule has 0 unspecified atom stereocenters. The van der Waals surface area contributed by atoms with Crippen LogP contribution >= 0.6 is 39.3 Å². The molecule has 0 saturated heterocycles. The molecule has 0 radical (unpaired) electrons. The second-order valence-corrected chi connectivity index (χ2v) is 6.21. The fourth-order valence-corrected chi connectivity index (χ4v) is 3.12. The van der Waals surface area contributed by atoms with Crippen LogP contribution in [0.2, 0.25) is 5.02 Å². The molecule has 0 aliphatic carbocycles. The number of rotatable bonds is 3. The van der Waals surface area contributed by atoms with Gasteiger partial charge in [0.1, 0.15) is 6.07 Å². The molecule has 3 nitrogen and oxygen atoms in total. The van der Waals surface area contributed by atoms with E-state index in [0.717, 1.165) is 9.79 Å². The molecule has 0 aliphatic heterocycles. The Labute approximate surface area is 133 Å². The summed E-state index contributed by atoms with van der Waals surface area (Å²) in [4.78, 5) is 12.7. The summed E-state index contributed by atoms with van der Waals surface area (Å²) in [5.41, 5.74) is 0.618. The zero-order chi connectivity index (χ0) is 14.7. The number of hydrogen-bond donors (Lipinski definition) is 1. The lowest BCUT2D eigenvalue weighted by molar-refractivity contribution is 0.0695. The number of carboxylic acids is 1. The minimum Gasteiger partial charge on any atom is -0.478 e. The van der Waals surface area contributed by atoms with Gasteiger partial charge in [-0.15, -0.1) is 0 Å². The number of hydrogen-bond acceptors (Lipinski definition) is 3. The minimum atomic E-state index is -0.989. The normalized spacial score (nSPS) is 10.1. The van der Waals surface area contributed by atoms with E-state index in [4.69, 9.17) is 22.0 Å². The zero-order valence-corrected chi connectivity index (χ0v) is 13.1. The third-order valence-electron chi connectivity index (χ3n) is 2.46. The maximum absolute atomic E-state index is 11.1. The quantitative estimate of drug-likeness (QED) is 0.843. The number of nitrogens with zero attached hydrogens (tertiary/aromatic N) is 1. The first-order valence-corrected chi connectivity index (χ1v) is 7.40. The first-order valence-electron chi connectivity index (χ1n) is 5.41. The molecule has 20 heavy (non-hydrogen) atoms. The molecular weight excluding hydrogens is 362 g/mol. The monoisotopic (exact) mass is 367 g/mol. The van der Waals surface area contributed by atoms with E-state index in [0.29, 0.717) is 15.1 Å². The maximum atomic E-state index is 11.1. The van der Waals surface area contributed by atoms with E-state index in [1.165, 1.54) is 11.8 Å². The molecule has 100 valence electrons. The number of carboxylic acid groups (broad SMARTS) is 1. The predicted octanol–water partition coefficient (Wildman–Crippen LogP) is 4.82. The lowest BCUT2D eigenvalue weighted by atomic mass is 10.2. The molecule has 0 spiro atoms. The molecule has 0 heterocycles. The van der Waals surface area contributed by atoms with E-state index >= 15 is 0 Å². The fourth-order valence-electron chi connectivity index (χ4n) is 1.52. The summed E-state index contributed by atoms with van der Waals surface area (Å²) < 4.78 is 0.534. The van der Waals surface area contributed by atoms with Gasteiger partial charge < -0.3 is 5.11 Å². The summed E-state index contributed by atoms with van der Waals surface area (Å²) in [6.45, 7) is 0. The Morgan fingerprint density at radius 1 is 1.25 bits per heavy atom. The Hall–Kier alpha value is -1.48. The van der Waals surface area contributed by atoms with E-state index < -0.39 is 5.97 Å². The molecule has 0 fully saturated rings.